The van der Waals surface area contributed by atoms with Gasteiger partial charge in [0, 0.05) is 37.6 Å². The maximum Gasteiger partial charge on any atom is 0.490 e. The van der Waals surface area contributed by atoms with Crippen molar-refractivity contribution in [1.82, 2.24) is 0 Å². The smallest absolute Gasteiger partial charge is 0.478 e. The Morgan fingerprint density at radius 2 is 1.44 bits per heavy atom. The largest absolute Gasteiger partial charge is 0.490 e. The van der Waals surface area contributed by atoms with Crippen LogP contribution in [-0.4, -0.2) is 62.9 Å². The third kappa shape index (κ3) is 8.13. The van der Waals surface area contributed by atoms with Gasteiger partial charge in [-0.3, -0.25) is 4.72 Å². The summed E-state index contributed by atoms with van der Waals surface area (Å²) in [6.07, 6.45) is -4.53. The third-order valence-electron chi connectivity index (χ3n) is 6.38. The highest BCUT2D eigenvalue weighted by Crippen LogP contribution is 2.28. The molecule has 0 radical (unpaired) electrons. The van der Waals surface area contributed by atoms with Gasteiger partial charge in [0.25, 0.3) is 10.0 Å². The molecule has 0 saturated carbocycles. The molecule has 0 spiro atoms. The Bertz CT molecular complexity index is 1500. The lowest BCUT2D eigenvalue weighted by Gasteiger charge is -2.37. The first-order valence-electron chi connectivity index (χ1n) is 12.6. The predicted molar refractivity (Wildman–Crippen MR) is 149 cm³/mol. The van der Waals surface area contributed by atoms with Crippen LogP contribution < -0.4 is 14.5 Å². The van der Waals surface area contributed by atoms with Gasteiger partial charge in [-0.15, -0.1) is 0 Å². The van der Waals surface area contributed by atoms with Crippen molar-refractivity contribution in [2.75, 3.05) is 40.7 Å². The van der Waals surface area contributed by atoms with E-state index in [-0.39, 0.29) is 16.1 Å². The molecule has 1 heterocycles. The number of carboxylic acid groups (broad SMARTS) is 2. The van der Waals surface area contributed by atoms with Gasteiger partial charge in [-0.25, -0.2) is 18.0 Å². The molecule has 1 fully saturated rings. The number of hydrogen-bond acceptors (Lipinski definition) is 6. The number of carbonyl (C=O) groups is 2. The lowest BCUT2D eigenvalue weighted by molar-refractivity contribution is -0.192. The molecule has 3 N–H and O–H groups in total. The van der Waals surface area contributed by atoms with Gasteiger partial charge in [-0.05, 0) is 60.9 Å². The van der Waals surface area contributed by atoms with Crippen molar-refractivity contribution in [3.8, 4) is 0 Å². The Morgan fingerprint density at radius 3 is 1.95 bits per heavy atom. The standard InChI is InChI=1S/C26H29N3O4S.C2HF3O2/c1-3-20-8-4-5-10-25(20)34(32,33)27-24-12-11-22(18-23(24)26(30)31)29-15-13-28(14-16-29)21-9-6-7-19(2)17-21;3-2(4,5)1(6)7/h4-12,17-18,27H,3,13-16H2,1-2H3,(H,30,31);(H,6,7). The Hall–Kier alpha value is -4.26. The first-order valence-corrected chi connectivity index (χ1v) is 14.1. The zero-order chi connectivity index (χ0) is 30.4. The molecule has 1 aliphatic heterocycles. The van der Waals surface area contributed by atoms with Crippen LogP contribution in [0.2, 0.25) is 0 Å². The number of halogens is 3. The monoisotopic (exact) mass is 593 g/mol. The molecule has 0 amide bonds. The molecule has 9 nitrogen and oxygen atoms in total. The number of nitrogens with one attached hydrogen (secondary N) is 1. The molecule has 13 heteroatoms. The first-order chi connectivity index (χ1) is 19.2. The summed E-state index contributed by atoms with van der Waals surface area (Å²) in [5, 5.41) is 16.9. The number of anilines is 3. The molecule has 3 aromatic rings. The summed E-state index contributed by atoms with van der Waals surface area (Å²) in [6, 6.07) is 20.0. The van der Waals surface area contributed by atoms with Crippen LogP contribution >= 0.6 is 0 Å². The lowest BCUT2D eigenvalue weighted by atomic mass is 10.1. The normalized spacial score (nSPS) is 13.7. The third-order valence-corrected chi connectivity index (χ3v) is 7.84. The molecule has 3 aromatic carbocycles. The predicted octanol–water partition coefficient (Wildman–Crippen LogP) is 5.02. The Morgan fingerprint density at radius 1 is 0.878 bits per heavy atom. The SMILES string of the molecule is CCc1ccccc1S(=O)(=O)Nc1ccc(N2CCN(c3cccc(C)c3)CC2)cc1C(=O)O.O=C(O)C(F)(F)F. The van der Waals surface area contributed by atoms with Gasteiger partial charge in [0.1, 0.15) is 0 Å². The summed E-state index contributed by atoms with van der Waals surface area (Å²) in [5.74, 6) is -3.94. The molecule has 41 heavy (non-hydrogen) atoms. The molecular weight excluding hydrogens is 563 g/mol. The maximum atomic E-state index is 13.0. The summed E-state index contributed by atoms with van der Waals surface area (Å²) in [5.41, 5.74) is 3.82. The van der Waals surface area contributed by atoms with Crippen molar-refractivity contribution in [3.63, 3.8) is 0 Å². The Labute approximate surface area is 235 Å². The highest BCUT2D eigenvalue weighted by Gasteiger charge is 2.38. The van der Waals surface area contributed by atoms with E-state index >= 15 is 0 Å². The minimum atomic E-state index is -5.08. The zero-order valence-corrected chi connectivity index (χ0v) is 23.2. The lowest BCUT2D eigenvalue weighted by Crippen LogP contribution is -2.46. The van der Waals surface area contributed by atoms with Crippen LogP contribution in [0, 0.1) is 6.92 Å². The number of piperazine rings is 1. The topological polar surface area (TPSA) is 127 Å². The number of hydrogen-bond donors (Lipinski definition) is 3. The van der Waals surface area contributed by atoms with Crippen molar-refractivity contribution < 1.29 is 41.4 Å². The van der Waals surface area contributed by atoms with Crippen molar-refractivity contribution in [3.05, 3.63) is 83.4 Å². The minimum Gasteiger partial charge on any atom is -0.478 e. The van der Waals surface area contributed by atoms with Crippen molar-refractivity contribution in [2.45, 2.75) is 31.3 Å². The molecule has 0 unspecified atom stereocenters. The quantitative estimate of drug-likeness (QED) is 0.349. The van der Waals surface area contributed by atoms with Gasteiger partial charge in [-0.2, -0.15) is 13.2 Å². The van der Waals surface area contributed by atoms with Crippen LogP contribution in [0.25, 0.3) is 0 Å². The number of aliphatic carboxylic acids is 1. The fourth-order valence-corrected chi connectivity index (χ4v) is 5.69. The molecule has 0 aliphatic carbocycles. The average molecular weight is 594 g/mol. The van der Waals surface area contributed by atoms with Crippen molar-refractivity contribution >= 4 is 39.0 Å². The highest BCUT2D eigenvalue weighted by molar-refractivity contribution is 7.92. The first kappa shape index (κ1) is 31.3. The van der Waals surface area contributed by atoms with E-state index in [2.05, 4.69) is 45.7 Å². The summed E-state index contributed by atoms with van der Waals surface area (Å²) in [7, 11) is -3.92. The van der Waals surface area contributed by atoms with Gasteiger partial charge in [0.15, 0.2) is 0 Å². The fourth-order valence-electron chi connectivity index (χ4n) is 4.30. The second-order valence-corrected chi connectivity index (χ2v) is 10.9. The average Bonchev–Trinajstić information content (AvgIpc) is 2.93. The number of sulfonamides is 1. The molecule has 0 bridgehead atoms. The van der Waals surface area contributed by atoms with E-state index in [1.54, 1.807) is 30.3 Å². The molecule has 1 saturated heterocycles. The van der Waals surface area contributed by atoms with E-state index in [9.17, 15) is 31.5 Å². The highest BCUT2D eigenvalue weighted by atomic mass is 32.2. The van der Waals surface area contributed by atoms with E-state index in [0.717, 1.165) is 31.9 Å². The second-order valence-electron chi connectivity index (χ2n) is 9.22. The molecule has 0 aromatic heterocycles. The summed E-state index contributed by atoms with van der Waals surface area (Å²) < 4.78 is 60.3. The molecule has 4 rings (SSSR count). The van der Waals surface area contributed by atoms with Gasteiger partial charge in [0.2, 0.25) is 0 Å². The van der Waals surface area contributed by atoms with E-state index in [0.29, 0.717) is 12.0 Å². The molecular formula is C28H30F3N3O6S. The van der Waals surface area contributed by atoms with Crippen molar-refractivity contribution in [1.29, 1.82) is 0 Å². The maximum absolute atomic E-state index is 13.0. The molecule has 1 aliphatic rings. The second kappa shape index (κ2) is 12.9. The van der Waals surface area contributed by atoms with Gasteiger partial charge in [0.05, 0.1) is 16.1 Å². The van der Waals surface area contributed by atoms with Gasteiger partial charge in [-0.1, -0.05) is 37.3 Å². The van der Waals surface area contributed by atoms with Crippen LogP contribution in [0.1, 0.15) is 28.4 Å². The molecule has 220 valence electrons. The summed E-state index contributed by atoms with van der Waals surface area (Å²) in [6.45, 7) is 7.06. The number of aromatic carboxylic acids is 1. The number of rotatable bonds is 7. The van der Waals surface area contributed by atoms with Gasteiger partial charge < -0.3 is 20.0 Å². The van der Waals surface area contributed by atoms with Crippen LogP contribution in [0.5, 0.6) is 0 Å². The Balaban J connectivity index is 0.000000587. The summed E-state index contributed by atoms with van der Waals surface area (Å²) >= 11 is 0. The number of benzene rings is 3. The zero-order valence-electron chi connectivity index (χ0n) is 22.4. The minimum absolute atomic E-state index is 0.0561. The number of carboxylic acids is 2. The van der Waals surface area contributed by atoms with E-state index < -0.39 is 28.1 Å². The number of alkyl halides is 3. The van der Waals surface area contributed by atoms with Crippen LogP contribution in [-0.2, 0) is 21.2 Å². The fraction of sp³-hybridized carbons (Fsp3) is 0.286. The van der Waals surface area contributed by atoms with E-state index in [1.165, 1.54) is 23.4 Å². The summed E-state index contributed by atoms with van der Waals surface area (Å²) in [4.78, 5) is 25.5. The molecule has 0 atom stereocenters. The van der Waals surface area contributed by atoms with Crippen molar-refractivity contribution in [2.24, 2.45) is 0 Å². The van der Waals surface area contributed by atoms with E-state index in [4.69, 9.17) is 9.90 Å². The van der Waals surface area contributed by atoms with Crippen LogP contribution in [0.4, 0.5) is 30.2 Å². The number of nitrogens with zero attached hydrogens (tertiary/aromatic N) is 2. The van der Waals surface area contributed by atoms with Crippen LogP contribution in [0.15, 0.2) is 71.6 Å². The van der Waals surface area contributed by atoms with E-state index in [1.807, 2.05) is 6.92 Å². The Kier molecular flexibility index (Phi) is 9.87. The van der Waals surface area contributed by atoms with Crippen LogP contribution in [0.3, 0.4) is 0 Å². The van der Waals surface area contributed by atoms with Gasteiger partial charge >= 0.3 is 18.1 Å². The number of aryl methyl sites for hydroxylation is 2.